The molecule has 1 aromatic carbocycles. The number of ether oxygens (including phenoxy) is 1. The Hall–Kier alpha value is -2.35. The van der Waals surface area contributed by atoms with Crippen molar-refractivity contribution in [3.05, 3.63) is 57.3 Å². The predicted octanol–water partition coefficient (Wildman–Crippen LogP) is 3.35. The van der Waals surface area contributed by atoms with Gasteiger partial charge in [0.1, 0.15) is 11.6 Å². The molecule has 1 aliphatic rings. The van der Waals surface area contributed by atoms with E-state index in [0.29, 0.717) is 43.0 Å². The minimum Gasteiger partial charge on any atom is -0.406 e. The van der Waals surface area contributed by atoms with Gasteiger partial charge in [0, 0.05) is 32.0 Å². The fourth-order valence-electron chi connectivity index (χ4n) is 3.01. The van der Waals surface area contributed by atoms with Gasteiger partial charge in [-0.3, -0.25) is 9.69 Å². The molecule has 8 heteroatoms. The molecule has 0 atom stereocenters. The maximum absolute atomic E-state index is 12.4. The number of benzene rings is 1. The van der Waals surface area contributed by atoms with Gasteiger partial charge in [-0.05, 0) is 17.7 Å². The highest BCUT2D eigenvalue weighted by atomic mass is 19.4. The Labute approximate surface area is 148 Å². The lowest BCUT2D eigenvalue weighted by Crippen LogP contribution is -2.36. The standard InChI is InChI=1S/C18H20F3N3O2/c1-11(2)16-22-15-6-7-24(10-14(15)17(25)23-16)9-12-4-3-5-13(8-12)26-18(19,20)21/h3-5,8,11H,6-7,9-10H2,1-2H3,(H,22,23,25). The van der Waals surface area contributed by atoms with Gasteiger partial charge in [-0.2, -0.15) is 0 Å². The first-order chi connectivity index (χ1) is 12.2. The van der Waals surface area contributed by atoms with Crippen LogP contribution < -0.4 is 10.3 Å². The largest absolute Gasteiger partial charge is 0.573 e. The molecule has 2 heterocycles. The van der Waals surface area contributed by atoms with Crippen LogP contribution in [0.3, 0.4) is 0 Å². The third kappa shape index (κ3) is 4.43. The van der Waals surface area contributed by atoms with E-state index in [1.807, 2.05) is 18.7 Å². The second kappa shape index (κ2) is 7.11. The summed E-state index contributed by atoms with van der Waals surface area (Å²) in [5.74, 6) is 0.579. The summed E-state index contributed by atoms with van der Waals surface area (Å²) in [5, 5.41) is 0. The van der Waals surface area contributed by atoms with Crippen molar-refractivity contribution in [2.45, 2.75) is 45.6 Å². The molecule has 140 valence electrons. The van der Waals surface area contributed by atoms with Gasteiger partial charge < -0.3 is 9.72 Å². The molecule has 1 aromatic heterocycles. The van der Waals surface area contributed by atoms with Crippen LogP contribution in [0.25, 0.3) is 0 Å². The molecule has 1 aliphatic heterocycles. The summed E-state index contributed by atoms with van der Waals surface area (Å²) in [6.07, 6.45) is -4.08. The van der Waals surface area contributed by atoms with E-state index in [0.717, 1.165) is 5.69 Å². The number of halogens is 3. The summed E-state index contributed by atoms with van der Waals surface area (Å²) in [5.41, 5.74) is 1.99. The van der Waals surface area contributed by atoms with Crippen LogP contribution in [0.4, 0.5) is 13.2 Å². The molecule has 0 unspecified atom stereocenters. The summed E-state index contributed by atoms with van der Waals surface area (Å²) >= 11 is 0. The highest BCUT2D eigenvalue weighted by molar-refractivity contribution is 5.29. The molecule has 1 N–H and O–H groups in total. The summed E-state index contributed by atoms with van der Waals surface area (Å²) in [7, 11) is 0. The molecule has 5 nitrogen and oxygen atoms in total. The molecule has 0 saturated carbocycles. The number of aromatic amines is 1. The van der Waals surface area contributed by atoms with E-state index in [1.165, 1.54) is 18.2 Å². The molecule has 3 rings (SSSR count). The molecule has 0 amide bonds. The van der Waals surface area contributed by atoms with Crippen molar-refractivity contribution in [3.8, 4) is 5.75 Å². The Kier molecular flexibility index (Phi) is 5.04. The van der Waals surface area contributed by atoms with E-state index < -0.39 is 6.36 Å². The Bertz CT molecular complexity index is 846. The molecule has 0 spiro atoms. The van der Waals surface area contributed by atoms with Crippen molar-refractivity contribution >= 4 is 0 Å². The van der Waals surface area contributed by atoms with E-state index in [4.69, 9.17) is 0 Å². The lowest BCUT2D eigenvalue weighted by Gasteiger charge is -2.28. The number of aromatic nitrogens is 2. The van der Waals surface area contributed by atoms with Crippen molar-refractivity contribution in [3.63, 3.8) is 0 Å². The number of hydrogen-bond donors (Lipinski definition) is 1. The number of hydrogen-bond acceptors (Lipinski definition) is 4. The van der Waals surface area contributed by atoms with Crippen LogP contribution in [0, 0.1) is 0 Å². The van der Waals surface area contributed by atoms with Gasteiger partial charge in [0.05, 0.1) is 11.3 Å². The van der Waals surface area contributed by atoms with E-state index in [1.54, 1.807) is 6.07 Å². The predicted molar refractivity (Wildman–Crippen MR) is 89.9 cm³/mol. The number of fused-ring (bicyclic) bond motifs is 1. The molecular formula is C18H20F3N3O2. The summed E-state index contributed by atoms with van der Waals surface area (Å²) in [6, 6.07) is 5.90. The third-order valence-corrected chi connectivity index (χ3v) is 4.25. The second-order valence-electron chi connectivity index (χ2n) is 6.69. The number of alkyl halides is 3. The maximum atomic E-state index is 12.4. The Morgan fingerprint density at radius 2 is 2.12 bits per heavy atom. The average molecular weight is 367 g/mol. The number of nitrogens with one attached hydrogen (secondary N) is 1. The molecule has 0 bridgehead atoms. The Morgan fingerprint density at radius 3 is 2.81 bits per heavy atom. The smallest absolute Gasteiger partial charge is 0.406 e. The van der Waals surface area contributed by atoms with E-state index >= 15 is 0 Å². The molecule has 0 saturated heterocycles. The van der Waals surface area contributed by atoms with Gasteiger partial charge in [-0.1, -0.05) is 26.0 Å². The number of rotatable bonds is 4. The average Bonchev–Trinajstić information content (AvgIpc) is 2.54. The fraction of sp³-hybridized carbons (Fsp3) is 0.444. The van der Waals surface area contributed by atoms with Crippen molar-refractivity contribution in [1.82, 2.24) is 14.9 Å². The molecule has 2 aromatic rings. The lowest BCUT2D eigenvalue weighted by molar-refractivity contribution is -0.274. The van der Waals surface area contributed by atoms with Gasteiger partial charge in [-0.25, -0.2) is 4.98 Å². The fourth-order valence-corrected chi connectivity index (χ4v) is 3.01. The Morgan fingerprint density at radius 1 is 1.35 bits per heavy atom. The van der Waals surface area contributed by atoms with E-state index in [9.17, 15) is 18.0 Å². The van der Waals surface area contributed by atoms with Crippen LogP contribution in [-0.4, -0.2) is 27.8 Å². The minimum atomic E-state index is -4.71. The zero-order valence-corrected chi connectivity index (χ0v) is 14.6. The molecular weight excluding hydrogens is 347 g/mol. The first kappa shape index (κ1) is 18.4. The van der Waals surface area contributed by atoms with Gasteiger partial charge in [0.2, 0.25) is 0 Å². The third-order valence-electron chi connectivity index (χ3n) is 4.25. The van der Waals surface area contributed by atoms with Crippen LogP contribution in [0.1, 0.15) is 42.4 Å². The van der Waals surface area contributed by atoms with Crippen LogP contribution >= 0.6 is 0 Å². The maximum Gasteiger partial charge on any atom is 0.573 e. The SMILES string of the molecule is CC(C)c1nc2c(c(=O)[nH]1)CN(Cc1cccc(OC(F)(F)F)c1)CC2. The van der Waals surface area contributed by atoms with Gasteiger partial charge in [0.25, 0.3) is 5.56 Å². The monoisotopic (exact) mass is 367 g/mol. The van der Waals surface area contributed by atoms with Crippen molar-refractivity contribution in [2.75, 3.05) is 6.54 Å². The molecule has 26 heavy (non-hydrogen) atoms. The number of nitrogens with zero attached hydrogens (tertiary/aromatic N) is 2. The lowest BCUT2D eigenvalue weighted by atomic mass is 10.0. The van der Waals surface area contributed by atoms with Crippen LogP contribution in [0.2, 0.25) is 0 Å². The first-order valence-corrected chi connectivity index (χ1v) is 8.40. The zero-order valence-electron chi connectivity index (χ0n) is 14.6. The van der Waals surface area contributed by atoms with Crippen molar-refractivity contribution in [2.24, 2.45) is 0 Å². The van der Waals surface area contributed by atoms with Crippen LogP contribution in [0.5, 0.6) is 5.75 Å². The van der Waals surface area contributed by atoms with Gasteiger partial charge in [-0.15, -0.1) is 13.2 Å². The second-order valence-corrected chi connectivity index (χ2v) is 6.69. The summed E-state index contributed by atoms with van der Waals surface area (Å²) in [6.45, 7) is 5.47. The zero-order chi connectivity index (χ0) is 18.9. The van der Waals surface area contributed by atoms with Crippen LogP contribution in [-0.2, 0) is 19.5 Å². The summed E-state index contributed by atoms with van der Waals surface area (Å²) in [4.78, 5) is 21.7. The van der Waals surface area contributed by atoms with Gasteiger partial charge in [0.15, 0.2) is 0 Å². The van der Waals surface area contributed by atoms with Crippen molar-refractivity contribution < 1.29 is 17.9 Å². The molecule has 0 fully saturated rings. The van der Waals surface area contributed by atoms with Crippen LogP contribution in [0.15, 0.2) is 29.1 Å². The molecule has 0 aliphatic carbocycles. The minimum absolute atomic E-state index is 0.141. The summed E-state index contributed by atoms with van der Waals surface area (Å²) < 4.78 is 41.0. The van der Waals surface area contributed by atoms with E-state index in [2.05, 4.69) is 14.7 Å². The van der Waals surface area contributed by atoms with Crippen molar-refractivity contribution in [1.29, 1.82) is 0 Å². The quantitative estimate of drug-likeness (QED) is 0.900. The molecule has 0 radical (unpaired) electrons. The number of H-pyrrole nitrogens is 1. The topological polar surface area (TPSA) is 58.2 Å². The first-order valence-electron chi connectivity index (χ1n) is 8.40. The highest BCUT2D eigenvalue weighted by Crippen LogP contribution is 2.25. The van der Waals surface area contributed by atoms with Gasteiger partial charge >= 0.3 is 6.36 Å². The Balaban J connectivity index is 1.74. The highest BCUT2D eigenvalue weighted by Gasteiger charge is 2.31. The van der Waals surface area contributed by atoms with E-state index in [-0.39, 0.29) is 17.2 Å². The normalized spacial score (nSPS) is 15.2.